The van der Waals surface area contributed by atoms with Crippen LogP contribution in [0.1, 0.15) is 49.7 Å². The van der Waals surface area contributed by atoms with Crippen molar-refractivity contribution in [2.45, 2.75) is 64.0 Å². The van der Waals surface area contributed by atoms with Crippen molar-refractivity contribution < 1.29 is 23.5 Å². The molecular formula is C29H33ClFN3O4S. The lowest BCUT2D eigenvalue weighted by Gasteiger charge is -2.37. The maximum Gasteiger partial charge on any atom is 0.330 e. The van der Waals surface area contributed by atoms with Crippen LogP contribution in [-0.2, 0) is 25.5 Å². The number of ketones is 1. The predicted octanol–water partition coefficient (Wildman–Crippen LogP) is 6.58. The fourth-order valence-electron chi connectivity index (χ4n) is 5.39. The molecule has 1 saturated heterocycles. The summed E-state index contributed by atoms with van der Waals surface area (Å²) < 4.78 is 28.4. The van der Waals surface area contributed by atoms with Crippen LogP contribution in [0.15, 0.2) is 36.4 Å². The normalized spacial score (nSPS) is 21.5. The van der Waals surface area contributed by atoms with Gasteiger partial charge in [0.15, 0.2) is 5.13 Å². The first-order valence-electron chi connectivity index (χ1n) is 13.4. The Morgan fingerprint density at radius 1 is 1.15 bits per heavy atom. The van der Waals surface area contributed by atoms with E-state index in [1.165, 1.54) is 28.9 Å². The average molecular weight is 574 g/mol. The summed E-state index contributed by atoms with van der Waals surface area (Å²) in [4.78, 5) is 31.4. The third-order valence-electron chi connectivity index (χ3n) is 7.57. The Morgan fingerprint density at radius 2 is 1.90 bits per heavy atom. The van der Waals surface area contributed by atoms with E-state index in [-0.39, 0.29) is 18.3 Å². The number of aryl methyl sites for hydroxylation is 1. The number of Topliss-reactive ketones (excluding diaryl/α,β-unsaturated/α-hetero) is 1. The first-order chi connectivity index (χ1) is 18.7. The van der Waals surface area contributed by atoms with Crippen LogP contribution in [0.3, 0.4) is 0 Å². The molecule has 0 amide bonds. The zero-order valence-electron chi connectivity index (χ0n) is 22.2. The molecule has 39 heavy (non-hydrogen) atoms. The second-order valence-corrected chi connectivity index (χ2v) is 11.8. The number of hydrogen-bond acceptors (Lipinski definition) is 8. The van der Waals surface area contributed by atoms with Crippen molar-refractivity contribution in [3.8, 4) is 0 Å². The van der Waals surface area contributed by atoms with Gasteiger partial charge in [0.25, 0.3) is 0 Å². The molecule has 0 spiro atoms. The van der Waals surface area contributed by atoms with Gasteiger partial charge < -0.3 is 14.8 Å². The molecule has 1 aliphatic heterocycles. The van der Waals surface area contributed by atoms with E-state index in [1.807, 2.05) is 19.1 Å². The molecule has 0 radical (unpaired) electrons. The lowest BCUT2D eigenvalue weighted by Crippen LogP contribution is -2.54. The first-order valence-corrected chi connectivity index (χ1v) is 14.6. The number of nitrogens with zero attached hydrogens (tertiary/aromatic N) is 2. The Balaban J connectivity index is 1.27. The van der Waals surface area contributed by atoms with Crippen LogP contribution in [-0.4, -0.2) is 53.9 Å². The molecule has 2 aliphatic rings. The Labute approximate surface area is 236 Å². The van der Waals surface area contributed by atoms with Gasteiger partial charge in [-0.2, -0.15) is 4.39 Å². The van der Waals surface area contributed by atoms with E-state index >= 15 is 4.39 Å². The van der Waals surface area contributed by atoms with Gasteiger partial charge in [0, 0.05) is 19.5 Å². The summed E-state index contributed by atoms with van der Waals surface area (Å²) in [6.07, 6.45) is 3.16. The van der Waals surface area contributed by atoms with Crippen LogP contribution >= 0.6 is 22.9 Å². The maximum atomic E-state index is 16.5. The second kappa shape index (κ2) is 11.9. The molecule has 2 aromatic carbocycles. The number of halogens is 2. The largest absolute Gasteiger partial charge is 0.469 e. The molecule has 1 unspecified atom stereocenters. The highest BCUT2D eigenvalue weighted by Crippen LogP contribution is 2.36. The Bertz CT molecular complexity index is 1350. The summed E-state index contributed by atoms with van der Waals surface area (Å²) >= 11 is 8.10. The smallest absolute Gasteiger partial charge is 0.330 e. The molecule has 1 atom stereocenters. The predicted molar refractivity (Wildman–Crippen MR) is 151 cm³/mol. The SMILES string of the molecule is COC(=O)[C@H]1CC[C@H](OC(F)(C(=O)Cc2ccc(Nc3nc4ccc(C)cc4s3)c(Cl)c2)N2CCCC2)CC1. The molecule has 0 bridgehead atoms. The molecule has 208 valence electrons. The summed E-state index contributed by atoms with van der Waals surface area (Å²) in [6.45, 7) is 2.97. The number of esters is 1. The van der Waals surface area contributed by atoms with Gasteiger partial charge in [-0.25, -0.2) is 9.88 Å². The Morgan fingerprint density at radius 3 is 2.59 bits per heavy atom. The van der Waals surface area contributed by atoms with E-state index in [0.717, 1.165) is 23.1 Å². The molecule has 1 aliphatic carbocycles. The van der Waals surface area contributed by atoms with Gasteiger partial charge in [-0.1, -0.05) is 35.1 Å². The lowest BCUT2D eigenvalue weighted by atomic mass is 9.87. The number of likely N-dealkylation sites (tertiary alicyclic amines) is 1. The molecule has 1 saturated carbocycles. The number of methoxy groups -OCH3 is 1. The van der Waals surface area contributed by atoms with Gasteiger partial charge in [-0.15, -0.1) is 0 Å². The van der Waals surface area contributed by atoms with Crippen molar-refractivity contribution in [3.63, 3.8) is 0 Å². The highest BCUT2D eigenvalue weighted by atomic mass is 35.5. The van der Waals surface area contributed by atoms with Crippen LogP contribution in [0, 0.1) is 12.8 Å². The molecule has 7 nitrogen and oxygen atoms in total. The quantitative estimate of drug-likeness (QED) is 0.229. The molecule has 5 rings (SSSR count). The van der Waals surface area contributed by atoms with Crippen molar-refractivity contribution in [2.75, 3.05) is 25.5 Å². The fourth-order valence-corrected chi connectivity index (χ4v) is 6.62. The number of carbonyl (C=O) groups is 2. The maximum absolute atomic E-state index is 16.5. The van der Waals surface area contributed by atoms with Gasteiger partial charge in [0.05, 0.1) is 40.1 Å². The van der Waals surface area contributed by atoms with Crippen molar-refractivity contribution in [1.29, 1.82) is 0 Å². The number of rotatable bonds is 9. The topological polar surface area (TPSA) is 80.8 Å². The number of thiazole rings is 1. The third kappa shape index (κ3) is 6.27. The van der Waals surface area contributed by atoms with Gasteiger partial charge in [-0.3, -0.25) is 9.59 Å². The van der Waals surface area contributed by atoms with Crippen molar-refractivity contribution in [1.82, 2.24) is 9.88 Å². The second-order valence-electron chi connectivity index (χ2n) is 10.4. The molecule has 2 fully saturated rings. The number of alkyl halides is 1. The van der Waals surface area contributed by atoms with Gasteiger partial charge in [0.2, 0.25) is 5.78 Å². The van der Waals surface area contributed by atoms with Crippen molar-refractivity contribution >= 4 is 55.7 Å². The van der Waals surface area contributed by atoms with Gasteiger partial charge >= 0.3 is 11.9 Å². The number of aromatic nitrogens is 1. The minimum Gasteiger partial charge on any atom is -0.469 e. The average Bonchev–Trinajstić information content (AvgIpc) is 3.60. The van der Waals surface area contributed by atoms with Gasteiger partial charge in [-0.05, 0) is 80.8 Å². The standard InChI is InChI=1S/C29H33ClFN3O4S/c1-18-5-11-24-25(15-18)39-28(33-24)32-23-12-6-19(16-22(23)30)17-26(35)29(31,34-13-3-4-14-34)38-21-9-7-20(8-10-21)27(36)37-2/h5-6,11-12,15-16,20-21H,3-4,7-10,13-14,17H2,1-2H3,(H,32,33)/t20-,21-,29?. The van der Waals surface area contributed by atoms with E-state index in [1.54, 1.807) is 18.2 Å². The zero-order valence-corrected chi connectivity index (χ0v) is 23.7. The summed E-state index contributed by atoms with van der Waals surface area (Å²) in [5.74, 6) is -3.60. The minimum atomic E-state index is -2.51. The van der Waals surface area contributed by atoms with Crippen LogP contribution in [0.4, 0.5) is 15.2 Å². The van der Waals surface area contributed by atoms with E-state index in [0.29, 0.717) is 60.2 Å². The molecule has 2 heterocycles. The summed E-state index contributed by atoms with van der Waals surface area (Å²) in [5, 5.41) is 4.39. The number of hydrogen-bond donors (Lipinski definition) is 1. The van der Waals surface area contributed by atoms with Crippen LogP contribution in [0.5, 0.6) is 0 Å². The van der Waals surface area contributed by atoms with E-state index < -0.39 is 17.9 Å². The van der Waals surface area contributed by atoms with E-state index in [2.05, 4.69) is 16.4 Å². The first kappa shape index (κ1) is 28.0. The van der Waals surface area contributed by atoms with E-state index in [9.17, 15) is 9.59 Å². The zero-order chi connectivity index (χ0) is 27.6. The molecule has 10 heteroatoms. The van der Waals surface area contributed by atoms with Crippen LogP contribution < -0.4 is 5.32 Å². The number of ether oxygens (including phenoxy) is 2. The Hall–Kier alpha value is -2.59. The minimum absolute atomic E-state index is 0.148. The molecule has 1 aromatic heterocycles. The van der Waals surface area contributed by atoms with Crippen LogP contribution in [0.25, 0.3) is 10.2 Å². The number of benzene rings is 2. The van der Waals surface area contributed by atoms with E-state index in [4.69, 9.17) is 21.1 Å². The monoisotopic (exact) mass is 573 g/mol. The Kier molecular flexibility index (Phi) is 8.52. The third-order valence-corrected chi connectivity index (χ3v) is 8.82. The summed E-state index contributed by atoms with van der Waals surface area (Å²) in [6, 6.07) is 11.3. The lowest BCUT2D eigenvalue weighted by molar-refractivity contribution is -0.252. The number of fused-ring (bicyclic) bond motifs is 1. The highest BCUT2D eigenvalue weighted by Gasteiger charge is 2.48. The van der Waals surface area contributed by atoms with Crippen LogP contribution in [0.2, 0.25) is 5.02 Å². The fraction of sp³-hybridized carbons (Fsp3) is 0.483. The molecule has 1 N–H and O–H groups in total. The number of nitrogens with one attached hydrogen (secondary N) is 1. The summed E-state index contributed by atoms with van der Waals surface area (Å²) in [5.41, 5.74) is 3.34. The number of carbonyl (C=O) groups excluding carboxylic acids is 2. The number of anilines is 2. The van der Waals surface area contributed by atoms with Gasteiger partial charge in [0.1, 0.15) is 0 Å². The van der Waals surface area contributed by atoms with Crippen molar-refractivity contribution in [2.24, 2.45) is 5.92 Å². The summed E-state index contributed by atoms with van der Waals surface area (Å²) in [7, 11) is 1.38. The highest BCUT2D eigenvalue weighted by molar-refractivity contribution is 7.22. The van der Waals surface area contributed by atoms with Crippen molar-refractivity contribution in [3.05, 3.63) is 52.5 Å². The molecule has 3 aromatic rings. The molecular weight excluding hydrogens is 541 g/mol.